The minimum Gasteiger partial charge on any atom is -0.493 e. The molecule has 138 valence electrons. The standard InChI is InChI=1S/C18H15ClN4O4/c1-26-14-4-2-3-5-15(14)27-18-16(23(24)25)17(21-11-22-18)20-10-12-6-8-13(19)9-7-12/h2-9,11H,10H2,1H3,(H,20,21,22). The van der Waals surface area contributed by atoms with Crippen molar-refractivity contribution in [1.29, 1.82) is 0 Å². The molecule has 27 heavy (non-hydrogen) atoms. The highest BCUT2D eigenvalue weighted by atomic mass is 35.5. The fourth-order valence-corrected chi connectivity index (χ4v) is 2.45. The molecule has 0 amide bonds. The molecule has 2 aromatic carbocycles. The zero-order valence-electron chi connectivity index (χ0n) is 14.3. The normalized spacial score (nSPS) is 10.3. The Morgan fingerprint density at radius 3 is 2.48 bits per heavy atom. The summed E-state index contributed by atoms with van der Waals surface area (Å²) in [6.45, 7) is 0.323. The van der Waals surface area contributed by atoms with Gasteiger partial charge >= 0.3 is 11.6 Å². The van der Waals surface area contributed by atoms with Gasteiger partial charge in [0.15, 0.2) is 11.5 Å². The summed E-state index contributed by atoms with van der Waals surface area (Å²) in [5.74, 6) is 0.611. The third-order valence-corrected chi connectivity index (χ3v) is 3.87. The van der Waals surface area contributed by atoms with Gasteiger partial charge in [-0.25, -0.2) is 4.98 Å². The van der Waals surface area contributed by atoms with E-state index in [0.717, 1.165) is 5.56 Å². The fourth-order valence-electron chi connectivity index (χ4n) is 2.33. The van der Waals surface area contributed by atoms with Crippen LogP contribution in [0.3, 0.4) is 0 Å². The van der Waals surface area contributed by atoms with Gasteiger partial charge in [0.1, 0.15) is 6.33 Å². The predicted molar refractivity (Wildman–Crippen MR) is 101 cm³/mol. The molecule has 1 N–H and O–H groups in total. The first-order valence-corrected chi connectivity index (χ1v) is 8.25. The lowest BCUT2D eigenvalue weighted by Gasteiger charge is -2.11. The van der Waals surface area contributed by atoms with Crippen molar-refractivity contribution in [3.05, 3.63) is 75.6 Å². The second-order valence-corrected chi connectivity index (χ2v) is 5.80. The molecule has 0 fully saturated rings. The Bertz CT molecular complexity index is 950. The lowest BCUT2D eigenvalue weighted by Crippen LogP contribution is -2.07. The minimum absolute atomic E-state index is 0.0508. The van der Waals surface area contributed by atoms with Crippen LogP contribution in [0.4, 0.5) is 11.5 Å². The average molecular weight is 387 g/mol. The third-order valence-electron chi connectivity index (χ3n) is 3.62. The number of hydrogen-bond acceptors (Lipinski definition) is 7. The molecule has 1 aromatic heterocycles. The number of methoxy groups -OCH3 is 1. The quantitative estimate of drug-likeness (QED) is 0.473. The van der Waals surface area contributed by atoms with Gasteiger partial charge in [-0.05, 0) is 29.8 Å². The first-order chi connectivity index (χ1) is 13.1. The van der Waals surface area contributed by atoms with Crippen LogP contribution in [0.25, 0.3) is 0 Å². The van der Waals surface area contributed by atoms with Gasteiger partial charge in [-0.1, -0.05) is 35.9 Å². The Hall–Kier alpha value is -3.39. The molecule has 1 heterocycles. The van der Waals surface area contributed by atoms with Gasteiger partial charge in [0, 0.05) is 11.6 Å². The van der Waals surface area contributed by atoms with Crippen LogP contribution in [0.5, 0.6) is 17.4 Å². The van der Waals surface area contributed by atoms with E-state index in [0.29, 0.717) is 23.1 Å². The Balaban J connectivity index is 1.88. The van der Waals surface area contributed by atoms with Crippen molar-refractivity contribution in [3.63, 3.8) is 0 Å². The second-order valence-electron chi connectivity index (χ2n) is 5.37. The van der Waals surface area contributed by atoms with Crippen molar-refractivity contribution in [1.82, 2.24) is 9.97 Å². The number of rotatable bonds is 7. The van der Waals surface area contributed by atoms with Crippen LogP contribution in [0.15, 0.2) is 54.9 Å². The monoisotopic (exact) mass is 386 g/mol. The van der Waals surface area contributed by atoms with Gasteiger partial charge in [0.2, 0.25) is 5.82 Å². The van der Waals surface area contributed by atoms with E-state index in [1.54, 1.807) is 36.4 Å². The largest absolute Gasteiger partial charge is 0.493 e. The number of anilines is 1. The molecule has 3 aromatic rings. The van der Waals surface area contributed by atoms with Crippen molar-refractivity contribution in [2.24, 2.45) is 0 Å². The molecule has 0 radical (unpaired) electrons. The number of benzene rings is 2. The van der Waals surface area contributed by atoms with Crippen molar-refractivity contribution in [2.45, 2.75) is 6.54 Å². The second kappa shape index (κ2) is 8.33. The van der Waals surface area contributed by atoms with Gasteiger partial charge in [0.05, 0.1) is 12.0 Å². The van der Waals surface area contributed by atoms with Crippen LogP contribution < -0.4 is 14.8 Å². The number of hydrogen-bond donors (Lipinski definition) is 1. The summed E-state index contributed by atoms with van der Waals surface area (Å²) in [6, 6.07) is 13.9. The van der Waals surface area contributed by atoms with Crippen molar-refractivity contribution in [2.75, 3.05) is 12.4 Å². The Morgan fingerprint density at radius 2 is 1.81 bits per heavy atom. The molecule has 0 atom stereocenters. The van der Waals surface area contributed by atoms with E-state index >= 15 is 0 Å². The summed E-state index contributed by atoms with van der Waals surface area (Å²) < 4.78 is 10.8. The average Bonchev–Trinajstić information content (AvgIpc) is 2.68. The number of aromatic nitrogens is 2. The molecule has 9 heteroatoms. The zero-order chi connectivity index (χ0) is 19.2. The Labute approximate surface area is 159 Å². The van der Waals surface area contributed by atoms with E-state index < -0.39 is 4.92 Å². The van der Waals surface area contributed by atoms with Gasteiger partial charge in [-0.15, -0.1) is 0 Å². The summed E-state index contributed by atoms with van der Waals surface area (Å²) in [5.41, 5.74) is 0.525. The summed E-state index contributed by atoms with van der Waals surface area (Å²) in [4.78, 5) is 18.9. The molecule has 0 aliphatic heterocycles. The van der Waals surface area contributed by atoms with E-state index in [2.05, 4.69) is 15.3 Å². The summed E-state index contributed by atoms with van der Waals surface area (Å²) in [7, 11) is 1.48. The molecule has 0 bridgehead atoms. The highest BCUT2D eigenvalue weighted by Gasteiger charge is 2.25. The van der Waals surface area contributed by atoms with E-state index in [9.17, 15) is 10.1 Å². The van der Waals surface area contributed by atoms with Crippen LogP contribution >= 0.6 is 11.6 Å². The third kappa shape index (κ3) is 4.42. The summed E-state index contributed by atoms with van der Waals surface area (Å²) in [5, 5.41) is 15.1. The first kappa shape index (κ1) is 18.4. The van der Waals surface area contributed by atoms with Crippen molar-refractivity contribution >= 4 is 23.1 Å². The maximum atomic E-state index is 11.6. The number of nitrogens with one attached hydrogen (secondary N) is 1. The van der Waals surface area contributed by atoms with Gasteiger partial charge in [0.25, 0.3) is 0 Å². The summed E-state index contributed by atoms with van der Waals surface area (Å²) >= 11 is 5.86. The van der Waals surface area contributed by atoms with Crippen LogP contribution in [0.2, 0.25) is 5.02 Å². The molecule has 0 saturated carbocycles. The number of nitro groups is 1. The van der Waals surface area contributed by atoms with Crippen LogP contribution in [0.1, 0.15) is 5.56 Å². The van der Waals surface area contributed by atoms with Crippen LogP contribution in [0, 0.1) is 10.1 Å². The molecular weight excluding hydrogens is 372 g/mol. The van der Waals surface area contributed by atoms with Crippen LogP contribution in [-0.4, -0.2) is 22.0 Å². The lowest BCUT2D eigenvalue weighted by atomic mass is 10.2. The molecule has 3 rings (SSSR count). The summed E-state index contributed by atoms with van der Waals surface area (Å²) in [6.07, 6.45) is 1.20. The SMILES string of the molecule is COc1ccccc1Oc1ncnc(NCc2ccc(Cl)cc2)c1[N+](=O)[O-]. The number of nitrogens with zero attached hydrogens (tertiary/aromatic N) is 3. The maximum absolute atomic E-state index is 11.6. The van der Waals surface area contributed by atoms with E-state index in [1.807, 2.05) is 12.1 Å². The molecule has 8 nitrogen and oxygen atoms in total. The zero-order valence-corrected chi connectivity index (χ0v) is 15.0. The molecule has 0 unspecified atom stereocenters. The van der Waals surface area contributed by atoms with Crippen molar-refractivity contribution < 1.29 is 14.4 Å². The smallest absolute Gasteiger partial charge is 0.373 e. The number of halogens is 1. The number of ether oxygens (including phenoxy) is 2. The lowest BCUT2D eigenvalue weighted by molar-refractivity contribution is -0.385. The van der Waals surface area contributed by atoms with E-state index in [4.69, 9.17) is 21.1 Å². The number of para-hydroxylation sites is 2. The van der Waals surface area contributed by atoms with Crippen LogP contribution in [-0.2, 0) is 6.54 Å². The minimum atomic E-state index is -0.588. The van der Waals surface area contributed by atoms with E-state index in [-0.39, 0.29) is 17.4 Å². The highest BCUT2D eigenvalue weighted by Crippen LogP contribution is 2.37. The van der Waals surface area contributed by atoms with Gasteiger partial charge in [-0.3, -0.25) is 10.1 Å². The topological polar surface area (TPSA) is 99.4 Å². The van der Waals surface area contributed by atoms with Gasteiger partial charge in [-0.2, -0.15) is 4.98 Å². The molecule has 0 saturated heterocycles. The first-order valence-electron chi connectivity index (χ1n) is 7.87. The Morgan fingerprint density at radius 1 is 1.11 bits per heavy atom. The molecular formula is C18H15ClN4O4. The maximum Gasteiger partial charge on any atom is 0.373 e. The van der Waals surface area contributed by atoms with Gasteiger partial charge < -0.3 is 14.8 Å². The van der Waals surface area contributed by atoms with Crippen molar-refractivity contribution in [3.8, 4) is 17.4 Å². The molecule has 0 spiro atoms. The molecule has 0 aliphatic rings. The Kier molecular flexibility index (Phi) is 5.68. The van der Waals surface area contributed by atoms with E-state index in [1.165, 1.54) is 13.4 Å². The fraction of sp³-hybridized carbons (Fsp3) is 0.111. The highest BCUT2D eigenvalue weighted by molar-refractivity contribution is 6.30. The molecule has 0 aliphatic carbocycles. The predicted octanol–water partition coefficient (Wildman–Crippen LogP) is 4.45.